The summed E-state index contributed by atoms with van der Waals surface area (Å²) in [6.07, 6.45) is 1.96. The van der Waals surface area contributed by atoms with Crippen molar-refractivity contribution in [2.75, 3.05) is 19.6 Å². The van der Waals surface area contributed by atoms with Crippen molar-refractivity contribution in [1.29, 1.82) is 0 Å². The van der Waals surface area contributed by atoms with E-state index in [9.17, 15) is 9.18 Å². The molecule has 0 aliphatic carbocycles. The Balaban J connectivity index is 1.52. The average molecular weight is 375 g/mol. The Kier molecular flexibility index (Phi) is 6.39. The third kappa shape index (κ3) is 5.50. The number of urea groups is 1. The Morgan fingerprint density at radius 3 is 2.85 bits per heavy atom. The van der Waals surface area contributed by atoms with Crippen molar-refractivity contribution in [3.63, 3.8) is 0 Å². The first-order valence-electron chi connectivity index (χ1n) is 9.35. The van der Waals surface area contributed by atoms with Gasteiger partial charge in [0.1, 0.15) is 12.4 Å². The number of benzene rings is 1. The minimum Gasteiger partial charge on any atom is -0.337 e. The highest BCUT2D eigenvalue weighted by atomic mass is 19.1. The van der Waals surface area contributed by atoms with E-state index in [0.29, 0.717) is 24.8 Å². The van der Waals surface area contributed by atoms with Crippen LogP contribution in [0.5, 0.6) is 0 Å². The quantitative estimate of drug-likeness (QED) is 0.840. The molecule has 0 radical (unpaired) electrons. The topological polar surface area (TPSA) is 74.5 Å². The van der Waals surface area contributed by atoms with Crippen LogP contribution in [0, 0.1) is 12.7 Å². The molecule has 27 heavy (non-hydrogen) atoms. The van der Waals surface area contributed by atoms with Gasteiger partial charge in [0.2, 0.25) is 5.89 Å². The molecular weight excluding hydrogens is 349 g/mol. The summed E-state index contributed by atoms with van der Waals surface area (Å²) in [6, 6.07) is 6.55. The van der Waals surface area contributed by atoms with Crippen molar-refractivity contribution in [2.24, 2.45) is 0 Å². The van der Waals surface area contributed by atoms with Crippen LogP contribution in [0.4, 0.5) is 9.18 Å². The lowest BCUT2D eigenvalue weighted by Gasteiger charge is -2.34. The maximum absolute atomic E-state index is 13.1. The molecule has 8 heteroatoms. The molecule has 1 aromatic heterocycles. The fourth-order valence-electron chi connectivity index (χ4n) is 3.33. The van der Waals surface area contributed by atoms with E-state index in [0.717, 1.165) is 38.0 Å². The van der Waals surface area contributed by atoms with Gasteiger partial charge in [-0.1, -0.05) is 17.3 Å². The van der Waals surface area contributed by atoms with Crippen molar-refractivity contribution in [3.8, 4) is 0 Å². The molecule has 1 atom stereocenters. The molecule has 0 saturated carbocycles. The van der Waals surface area contributed by atoms with Crippen molar-refractivity contribution >= 4 is 6.03 Å². The fourth-order valence-corrected chi connectivity index (χ4v) is 3.33. The smallest absolute Gasteiger partial charge is 0.318 e. The summed E-state index contributed by atoms with van der Waals surface area (Å²) >= 11 is 0. The molecule has 0 unspecified atom stereocenters. The average Bonchev–Trinajstić information content (AvgIpc) is 3.07. The molecular formula is C19H26FN5O2. The van der Waals surface area contributed by atoms with Gasteiger partial charge in [0.25, 0.3) is 0 Å². The molecule has 2 aromatic rings. The molecule has 146 valence electrons. The number of rotatable bonds is 6. The molecule has 2 heterocycles. The highest BCUT2D eigenvalue weighted by Gasteiger charge is 2.24. The Labute approximate surface area is 158 Å². The number of nitrogens with one attached hydrogen (secondary N) is 1. The zero-order chi connectivity index (χ0) is 19.2. The summed E-state index contributed by atoms with van der Waals surface area (Å²) in [5.74, 6) is 0.773. The van der Waals surface area contributed by atoms with Crippen LogP contribution in [0.15, 0.2) is 28.8 Å². The van der Waals surface area contributed by atoms with Crippen LogP contribution < -0.4 is 5.32 Å². The van der Waals surface area contributed by atoms with E-state index in [4.69, 9.17) is 4.52 Å². The number of nitrogens with zero attached hydrogens (tertiary/aromatic N) is 4. The van der Waals surface area contributed by atoms with Crippen LogP contribution in [0.3, 0.4) is 0 Å². The van der Waals surface area contributed by atoms with Gasteiger partial charge in [-0.15, -0.1) is 0 Å². The van der Waals surface area contributed by atoms with E-state index in [1.54, 1.807) is 11.8 Å². The van der Waals surface area contributed by atoms with Crippen molar-refractivity contribution in [2.45, 2.75) is 45.8 Å². The number of amides is 2. The summed E-state index contributed by atoms with van der Waals surface area (Å²) in [5, 5.41) is 6.88. The molecule has 1 aliphatic heterocycles. The standard InChI is InChI=1S/C19H26FN5O2/c1-3-25(13-18-21-14(2)23-27-18)19(26)22-17-5-4-10-24(12-17)11-15-6-8-16(20)9-7-15/h6-9,17H,3-5,10-13H2,1-2H3,(H,22,26)/t17-/m1/s1. The summed E-state index contributed by atoms with van der Waals surface area (Å²) in [4.78, 5) is 20.7. The SMILES string of the molecule is CCN(Cc1nc(C)no1)C(=O)N[C@@H]1CCCN(Cc2ccc(F)cc2)C1. The molecule has 7 nitrogen and oxygen atoms in total. The zero-order valence-corrected chi connectivity index (χ0v) is 15.8. The van der Waals surface area contributed by atoms with Crippen molar-refractivity contribution in [1.82, 2.24) is 25.3 Å². The molecule has 1 saturated heterocycles. The van der Waals surface area contributed by atoms with Crippen LogP contribution in [-0.4, -0.2) is 51.6 Å². The highest BCUT2D eigenvalue weighted by molar-refractivity contribution is 5.74. The van der Waals surface area contributed by atoms with E-state index in [-0.39, 0.29) is 17.9 Å². The maximum atomic E-state index is 13.1. The van der Waals surface area contributed by atoms with E-state index in [2.05, 4.69) is 20.4 Å². The molecule has 3 rings (SSSR count). The Bertz CT molecular complexity index is 749. The maximum Gasteiger partial charge on any atom is 0.318 e. The number of halogens is 1. The number of aryl methyl sites for hydroxylation is 1. The molecule has 1 N–H and O–H groups in total. The zero-order valence-electron chi connectivity index (χ0n) is 15.8. The number of hydrogen-bond donors (Lipinski definition) is 1. The largest absolute Gasteiger partial charge is 0.337 e. The first kappa shape index (κ1) is 19.3. The minimum atomic E-state index is -0.223. The number of likely N-dealkylation sites (tertiary alicyclic amines) is 1. The predicted octanol–water partition coefficient (Wildman–Crippen LogP) is 2.71. The highest BCUT2D eigenvalue weighted by Crippen LogP contribution is 2.15. The molecule has 2 amide bonds. The van der Waals surface area contributed by atoms with Gasteiger partial charge in [0, 0.05) is 25.7 Å². The lowest BCUT2D eigenvalue weighted by atomic mass is 10.0. The molecule has 0 spiro atoms. The number of aromatic nitrogens is 2. The second kappa shape index (κ2) is 8.94. The van der Waals surface area contributed by atoms with E-state index in [1.807, 2.05) is 19.1 Å². The van der Waals surface area contributed by atoms with Gasteiger partial charge in [-0.3, -0.25) is 4.90 Å². The van der Waals surface area contributed by atoms with Crippen LogP contribution in [0.1, 0.15) is 37.0 Å². The van der Waals surface area contributed by atoms with E-state index >= 15 is 0 Å². The van der Waals surface area contributed by atoms with E-state index in [1.165, 1.54) is 12.1 Å². The summed E-state index contributed by atoms with van der Waals surface area (Å²) in [6.45, 7) is 7.04. The number of carbonyl (C=O) groups is 1. The second-order valence-corrected chi connectivity index (χ2v) is 6.90. The fraction of sp³-hybridized carbons (Fsp3) is 0.526. The lowest BCUT2D eigenvalue weighted by molar-refractivity contribution is 0.159. The summed E-state index contributed by atoms with van der Waals surface area (Å²) < 4.78 is 18.2. The lowest BCUT2D eigenvalue weighted by Crippen LogP contribution is -2.51. The van der Waals surface area contributed by atoms with Crippen LogP contribution in [0.25, 0.3) is 0 Å². The predicted molar refractivity (Wildman–Crippen MR) is 98.3 cm³/mol. The molecule has 1 fully saturated rings. The Hall–Kier alpha value is -2.48. The van der Waals surface area contributed by atoms with E-state index < -0.39 is 0 Å². The normalized spacial score (nSPS) is 17.7. The molecule has 1 aromatic carbocycles. The molecule has 0 bridgehead atoms. The first-order valence-corrected chi connectivity index (χ1v) is 9.35. The Morgan fingerprint density at radius 2 is 2.19 bits per heavy atom. The van der Waals surface area contributed by atoms with Crippen molar-refractivity contribution < 1.29 is 13.7 Å². The van der Waals surface area contributed by atoms with Gasteiger partial charge in [0.15, 0.2) is 5.82 Å². The monoisotopic (exact) mass is 375 g/mol. The number of piperidine rings is 1. The third-order valence-electron chi connectivity index (χ3n) is 4.72. The van der Waals surface area contributed by atoms with Crippen molar-refractivity contribution in [3.05, 3.63) is 47.4 Å². The number of hydrogen-bond acceptors (Lipinski definition) is 5. The molecule has 1 aliphatic rings. The van der Waals surface area contributed by atoms with Gasteiger partial charge < -0.3 is 14.7 Å². The van der Waals surface area contributed by atoms with Gasteiger partial charge in [-0.25, -0.2) is 9.18 Å². The van der Waals surface area contributed by atoms with Gasteiger partial charge in [-0.05, 0) is 50.9 Å². The second-order valence-electron chi connectivity index (χ2n) is 6.90. The third-order valence-corrected chi connectivity index (χ3v) is 4.72. The van der Waals surface area contributed by atoms with Crippen LogP contribution in [0.2, 0.25) is 0 Å². The minimum absolute atomic E-state index is 0.0881. The Morgan fingerprint density at radius 1 is 1.41 bits per heavy atom. The summed E-state index contributed by atoms with van der Waals surface area (Å²) in [5.41, 5.74) is 1.07. The summed E-state index contributed by atoms with van der Waals surface area (Å²) in [7, 11) is 0. The van der Waals surface area contributed by atoms with Gasteiger partial charge >= 0.3 is 6.03 Å². The number of carbonyl (C=O) groups excluding carboxylic acids is 1. The van der Waals surface area contributed by atoms with Gasteiger partial charge in [-0.2, -0.15) is 4.98 Å². The van der Waals surface area contributed by atoms with Crippen LogP contribution in [-0.2, 0) is 13.1 Å². The van der Waals surface area contributed by atoms with Gasteiger partial charge in [0.05, 0.1) is 0 Å². The first-order chi connectivity index (χ1) is 13.0. The van der Waals surface area contributed by atoms with Crippen LogP contribution >= 0.6 is 0 Å².